The molecule has 1 aromatic heterocycles. The molecule has 0 unspecified atom stereocenters. The lowest BCUT2D eigenvalue weighted by molar-refractivity contribution is -0.117. The number of carbonyl (C=O) groups excluding carboxylic acids is 2. The molecule has 3 amide bonds. The summed E-state index contributed by atoms with van der Waals surface area (Å²) in [6.45, 7) is 2.52. The van der Waals surface area contributed by atoms with Gasteiger partial charge in [-0.3, -0.25) is 14.9 Å². The van der Waals surface area contributed by atoms with E-state index < -0.39 is 17.5 Å². The molecule has 0 atom stereocenters. The molecule has 5 N–H and O–H groups in total. The Morgan fingerprint density at radius 2 is 2.25 bits per heavy atom. The third kappa shape index (κ3) is 6.23. The molecule has 0 saturated carbocycles. The number of hydrogen-bond acceptors (Lipinski definition) is 6. The van der Waals surface area contributed by atoms with Gasteiger partial charge in [-0.2, -0.15) is 0 Å². The van der Waals surface area contributed by atoms with E-state index in [1.165, 1.54) is 0 Å². The Balaban J connectivity index is 2.35. The Kier molecular flexibility index (Phi) is 6.57. The largest absolute Gasteiger partial charge is 0.383 e. The first-order chi connectivity index (χ1) is 9.51. The highest BCUT2D eigenvalue weighted by molar-refractivity contribution is 7.99. The smallest absolute Gasteiger partial charge is 0.321 e. The number of amides is 3. The molecular weight excluding hydrogens is 282 g/mol. The molecule has 9 heteroatoms. The number of anilines is 1. The highest BCUT2D eigenvalue weighted by Gasteiger charge is 2.09. The lowest BCUT2D eigenvalue weighted by atomic mass is 10.3. The zero-order valence-electron chi connectivity index (χ0n) is 11.1. The minimum absolute atomic E-state index is 0.0480. The van der Waals surface area contributed by atoms with Crippen molar-refractivity contribution >= 4 is 29.5 Å². The first-order valence-electron chi connectivity index (χ1n) is 6.08. The number of nitrogens with zero attached hydrogens (tertiary/aromatic N) is 1. The van der Waals surface area contributed by atoms with Crippen LogP contribution >= 0.6 is 11.8 Å². The van der Waals surface area contributed by atoms with Crippen molar-refractivity contribution in [2.45, 2.75) is 24.9 Å². The van der Waals surface area contributed by atoms with E-state index in [1.54, 1.807) is 0 Å². The van der Waals surface area contributed by atoms with Gasteiger partial charge in [-0.25, -0.2) is 9.78 Å². The zero-order chi connectivity index (χ0) is 15.0. The van der Waals surface area contributed by atoms with Gasteiger partial charge in [0.25, 0.3) is 5.56 Å². The van der Waals surface area contributed by atoms with Crippen molar-refractivity contribution in [3.63, 3.8) is 0 Å². The maximum atomic E-state index is 11.5. The average molecular weight is 299 g/mol. The van der Waals surface area contributed by atoms with Gasteiger partial charge in [-0.05, 0) is 6.42 Å². The minimum Gasteiger partial charge on any atom is -0.383 e. The third-order valence-corrected chi connectivity index (χ3v) is 3.02. The molecule has 1 rings (SSSR count). The van der Waals surface area contributed by atoms with Crippen molar-refractivity contribution in [2.24, 2.45) is 0 Å². The van der Waals surface area contributed by atoms with Gasteiger partial charge in [0, 0.05) is 12.6 Å². The van der Waals surface area contributed by atoms with Crippen LogP contribution in [0.4, 0.5) is 10.6 Å². The first-order valence-corrected chi connectivity index (χ1v) is 7.07. The molecule has 0 spiro atoms. The topological polar surface area (TPSA) is 130 Å². The summed E-state index contributed by atoms with van der Waals surface area (Å²) in [5.74, 6) is -0.448. The summed E-state index contributed by atoms with van der Waals surface area (Å²) < 4.78 is 0. The fourth-order valence-electron chi connectivity index (χ4n) is 1.24. The van der Waals surface area contributed by atoms with Crippen LogP contribution in [0.1, 0.15) is 19.8 Å². The number of H-pyrrole nitrogens is 1. The summed E-state index contributed by atoms with van der Waals surface area (Å²) in [5.41, 5.74) is 5.01. The molecule has 0 fully saturated rings. The molecule has 1 heterocycles. The molecule has 0 saturated heterocycles. The predicted molar refractivity (Wildman–Crippen MR) is 76.4 cm³/mol. The van der Waals surface area contributed by atoms with Crippen molar-refractivity contribution < 1.29 is 9.59 Å². The molecule has 8 nitrogen and oxygen atoms in total. The quantitative estimate of drug-likeness (QED) is 0.334. The van der Waals surface area contributed by atoms with E-state index in [0.29, 0.717) is 6.54 Å². The lowest BCUT2D eigenvalue weighted by Gasteiger charge is -2.05. The van der Waals surface area contributed by atoms with Crippen molar-refractivity contribution in [1.82, 2.24) is 20.6 Å². The van der Waals surface area contributed by atoms with E-state index in [-0.39, 0.29) is 16.7 Å². The second-order valence-corrected chi connectivity index (χ2v) is 4.89. The average Bonchev–Trinajstić information content (AvgIpc) is 2.35. The van der Waals surface area contributed by atoms with Gasteiger partial charge in [-0.15, -0.1) is 0 Å². The van der Waals surface area contributed by atoms with E-state index in [4.69, 9.17) is 5.73 Å². The Hall–Kier alpha value is -2.03. The highest BCUT2D eigenvalue weighted by atomic mass is 32.2. The molecule has 0 radical (unpaired) electrons. The summed E-state index contributed by atoms with van der Waals surface area (Å²) in [6, 6.07) is 0.615. The molecule has 0 aromatic carbocycles. The molecule has 0 bridgehead atoms. The third-order valence-electron chi connectivity index (χ3n) is 2.15. The standard InChI is InChI=1S/C11H17N5O3S/c1-2-3-4-13-10(19)15-9(18)6-20-11-14-7(12)5-8(17)16-11/h5H,2-4,6H2,1H3,(H3,12,14,16,17)(H2,13,15,18,19). The van der Waals surface area contributed by atoms with Crippen LogP contribution in [0.25, 0.3) is 0 Å². The summed E-state index contributed by atoms with van der Waals surface area (Å²) in [5, 5.41) is 4.97. The number of aromatic nitrogens is 2. The highest BCUT2D eigenvalue weighted by Crippen LogP contribution is 2.10. The number of nitrogens with one attached hydrogen (secondary N) is 3. The second-order valence-electron chi connectivity index (χ2n) is 3.92. The number of thioether (sulfide) groups is 1. The van der Waals surface area contributed by atoms with Crippen LogP contribution in [0.3, 0.4) is 0 Å². The maximum Gasteiger partial charge on any atom is 0.321 e. The van der Waals surface area contributed by atoms with E-state index in [2.05, 4.69) is 20.6 Å². The van der Waals surface area contributed by atoms with Crippen LogP contribution in [0.5, 0.6) is 0 Å². The Labute approximate surface area is 119 Å². The summed E-state index contributed by atoms with van der Waals surface area (Å²) in [6.07, 6.45) is 1.81. The van der Waals surface area contributed by atoms with Crippen molar-refractivity contribution in [2.75, 3.05) is 18.0 Å². The minimum atomic E-state index is -0.530. The number of hydrogen-bond donors (Lipinski definition) is 4. The molecule has 110 valence electrons. The van der Waals surface area contributed by atoms with E-state index in [0.717, 1.165) is 30.7 Å². The van der Waals surface area contributed by atoms with E-state index in [1.807, 2.05) is 6.92 Å². The van der Waals surface area contributed by atoms with Gasteiger partial charge in [0.2, 0.25) is 5.91 Å². The number of unbranched alkanes of at least 4 members (excludes halogenated alkanes) is 1. The number of nitrogen functional groups attached to an aromatic ring is 1. The second kappa shape index (κ2) is 8.20. The van der Waals surface area contributed by atoms with Crippen LogP contribution < -0.4 is 21.9 Å². The van der Waals surface area contributed by atoms with E-state index in [9.17, 15) is 14.4 Å². The van der Waals surface area contributed by atoms with Crippen LogP contribution in [-0.2, 0) is 4.79 Å². The number of imide groups is 1. The van der Waals surface area contributed by atoms with Gasteiger partial charge in [-0.1, -0.05) is 25.1 Å². The molecular formula is C11H17N5O3S. The number of aromatic amines is 1. The number of rotatable bonds is 6. The van der Waals surface area contributed by atoms with Gasteiger partial charge >= 0.3 is 6.03 Å². The molecule has 20 heavy (non-hydrogen) atoms. The normalized spacial score (nSPS) is 10.1. The van der Waals surface area contributed by atoms with Crippen molar-refractivity contribution in [1.29, 1.82) is 0 Å². The Morgan fingerprint density at radius 1 is 1.50 bits per heavy atom. The molecule has 0 aliphatic heterocycles. The summed E-state index contributed by atoms with van der Waals surface area (Å²) in [7, 11) is 0. The van der Waals surface area contributed by atoms with Crippen LogP contribution in [0, 0.1) is 0 Å². The molecule has 0 aliphatic rings. The SMILES string of the molecule is CCCCNC(=O)NC(=O)CSc1nc(N)cc(=O)[nH]1. The molecule has 1 aromatic rings. The monoisotopic (exact) mass is 299 g/mol. The Bertz CT molecular complexity index is 531. The van der Waals surface area contributed by atoms with Crippen molar-refractivity contribution in [3.8, 4) is 0 Å². The van der Waals surface area contributed by atoms with Crippen LogP contribution in [0.15, 0.2) is 16.0 Å². The van der Waals surface area contributed by atoms with Crippen LogP contribution in [-0.4, -0.2) is 34.2 Å². The molecule has 0 aliphatic carbocycles. The number of carbonyl (C=O) groups is 2. The number of urea groups is 1. The predicted octanol–water partition coefficient (Wildman–Crippen LogP) is 0.0701. The Morgan fingerprint density at radius 3 is 2.90 bits per heavy atom. The maximum absolute atomic E-state index is 11.5. The zero-order valence-corrected chi connectivity index (χ0v) is 11.9. The lowest BCUT2D eigenvalue weighted by Crippen LogP contribution is -2.40. The van der Waals surface area contributed by atoms with E-state index >= 15 is 0 Å². The summed E-state index contributed by atoms with van der Waals surface area (Å²) in [4.78, 5) is 40.2. The fourth-order valence-corrected chi connectivity index (χ4v) is 1.92. The van der Waals surface area contributed by atoms with Gasteiger partial charge in [0.15, 0.2) is 5.16 Å². The fraction of sp³-hybridized carbons (Fsp3) is 0.455. The van der Waals surface area contributed by atoms with Gasteiger partial charge < -0.3 is 16.0 Å². The van der Waals surface area contributed by atoms with Crippen LogP contribution in [0.2, 0.25) is 0 Å². The first kappa shape index (κ1) is 16.0. The van der Waals surface area contributed by atoms with Gasteiger partial charge in [0.05, 0.1) is 5.75 Å². The van der Waals surface area contributed by atoms with Gasteiger partial charge in [0.1, 0.15) is 5.82 Å². The number of nitrogens with two attached hydrogens (primary N) is 1. The summed E-state index contributed by atoms with van der Waals surface area (Å²) >= 11 is 0.988. The van der Waals surface area contributed by atoms with Crippen molar-refractivity contribution in [3.05, 3.63) is 16.4 Å².